The number of furan rings is 1. The van der Waals surface area contributed by atoms with E-state index in [0.29, 0.717) is 0 Å². The lowest BCUT2D eigenvalue weighted by molar-refractivity contribution is 0.675. The molecule has 9 aromatic rings. The fourth-order valence-electron chi connectivity index (χ4n) is 6.55. The third kappa shape index (κ3) is 2.66. The molecular formula is C36H22N2O. The van der Waals surface area contributed by atoms with Crippen LogP contribution in [0.4, 0.5) is 0 Å². The van der Waals surface area contributed by atoms with Crippen LogP contribution in [0.25, 0.3) is 76.9 Å². The first-order valence-corrected chi connectivity index (χ1v) is 13.3. The molecule has 0 aliphatic carbocycles. The summed E-state index contributed by atoms with van der Waals surface area (Å²) in [6.07, 6.45) is 0. The second-order valence-electron chi connectivity index (χ2n) is 10.1. The van der Waals surface area contributed by atoms with Crippen LogP contribution < -0.4 is 0 Å². The third-order valence-electron chi connectivity index (χ3n) is 8.08. The van der Waals surface area contributed by atoms with Crippen molar-refractivity contribution in [1.29, 1.82) is 0 Å². The van der Waals surface area contributed by atoms with Crippen LogP contribution in [0.2, 0.25) is 0 Å². The molecule has 0 atom stereocenters. The van der Waals surface area contributed by atoms with Gasteiger partial charge in [-0.3, -0.25) is 0 Å². The van der Waals surface area contributed by atoms with E-state index in [1.165, 1.54) is 27.1 Å². The predicted octanol–water partition coefficient (Wildman–Crippen LogP) is 9.78. The number of fused-ring (bicyclic) bond motifs is 12. The predicted molar refractivity (Wildman–Crippen MR) is 162 cm³/mol. The normalized spacial score (nSPS) is 12.1. The van der Waals surface area contributed by atoms with Gasteiger partial charge in [-0.05, 0) is 53.2 Å². The fraction of sp³-hybridized carbons (Fsp3) is 0. The summed E-state index contributed by atoms with van der Waals surface area (Å²) in [6.45, 7) is 0. The molecule has 3 heteroatoms. The van der Waals surface area contributed by atoms with Crippen molar-refractivity contribution in [2.24, 2.45) is 0 Å². The van der Waals surface area contributed by atoms with Crippen molar-refractivity contribution in [2.45, 2.75) is 0 Å². The lowest BCUT2D eigenvalue weighted by Crippen LogP contribution is -1.95. The number of nitrogens with zero attached hydrogens (tertiary/aromatic N) is 2. The molecular weight excluding hydrogens is 476 g/mol. The zero-order valence-electron chi connectivity index (χ0n) is 21.0. The smallest absolute Gasteiger partial charge is 0.162 e. The standard InChI is InChI=1S/C36H22N2O/c1-3-13-23(14-4-1)37-29-21-11-9-19-27(29)31-25-17-7-8-18-26(25)32-34-35(39-36(32)33(31)37)28-20-10-12-22-30(28)38(34)24-15-5-2-6-16-24/h1-22H. The lowest BCUT2D eigenvalue weighted by atomic mass is 10.00. The zero-order chi connectivity index (χ0) is 25.5. The van der Waals surface area contributed by atoms with Gasteiger partial charge in [0.05, 0.1) is 21.9 Å². The van der Waals surface area contributed by atoms with Gasteiger partial charge < -0.3 is 13.6 Å². The maximum absolute atomic E-state index is 7.04. The second-order valence-corrected chi connectivity index (χ2v) is 10.1. The Hall–Kier alpha value is -5.28. The number of hydrogen-bond donors (Lipinski definition) is 0. The molecule has 6 aromatic carbocycles. The van der Waals surface area contributed by atoms with Crippen molar-refractivity contribution < 1.29 is 4.42 Å². The molecule has 0 aliphatic rings. The van der Waals surface area contributed by atoms with Crippen molar-refractivity contribution in [3.8, 4) is 11.4 Å². The van der Waals surface area contributed by atoms with Gasteiger partial charge in [0.25, 0.3) is 0 Å². The molecule has 0 aliphatic heterocycles. The van der Waals surface area contributed by atoms with Gasteiger partial charge in [0, 0.05) is 27.5 Å². The molecule has 0 unspecified atom stereocenters. The summed E-state index contributed by atoms with van der Waals surface area (Å²) in [5.41, 5.74) is 8.63. The first kappa shape index (κ1) is 20.7. The molecule has 182 valence electrons. The summed E-state index contributed by atoms with van der Waals surface area (Å²) < 4.78 is 11.8. The van der Waals surface area contributed by atoms with E-state index in [0.717, 1.165) is 49.9 Å². The summed E-state index contributed by atoms with van der Waals surface area (Å²) >= 11 is 0. The Labute approximate surface area is 223 Å². The third-order valence-corrected chi connectivity index (χ3v) is 8.08. The Kier molecular flexibility index (Phi) is 4.05. The molecule has 39 heavy (non-hydrogen) atoms. The Balaban J connectivity index is 1.63. The van der Waals surface area contributed by atoms with Crippen molar-refractivity contribution >= 4 is 65.6 Å². The molecule has 3 nitrogen and oxygen atoms in total. The van der Waals surface area contributed by atoms with E-state index in [-0.39, 0.29) is 0 Å². The molecule has 0 bridgehead atoms. The average molecular weight is 499 g/mol. The minimum absolute atomic E-state index is 0.921. The molecule has 0 spiro atoms. The first-order valence-electron chi connectivity index (χ1n) is 13.3. The largest absolute Gasteiger partial charge is 0.451 e. The van der Waals surface area contributed by atoms with E-state index >= 15 is 0 Å². The number of para-hydroxylation sites is 4. The maximum Gasteiger partial charge on any atom is 0.162 e. The number of rotatable bonds is 2. The summed E-state index contributed by atoms with van der Waals surface area (Å²) in [7, 11) is 0. The Morgan fingerprint density at radius 1 is 0.359 bits per heavy atom. The summed E-state index contributed by atoms with van der Waals surface area (Å²) in [5, 5.41) is 7.16. The van der Waals surface area contributed by atoms with E-state index in [9.17, 15) is 0 Å². The highest BCUT2D eigenvalue weighted by Crippen LogP contribution is 2.48. The lowest BCUT2D eigenvalue weighted by Gasteiger charge is -2.11. The number of benzene rings is 6. The van der Waals surface area contributed by atoms with Crippen LogP contribution in [0.5, 0.6) is 0 Å². The van der Waals surface area contributed by atoms with Crippen molar-refractivity contribution in [3.05, 3.63) is 133 Å². The second kappa shape index (κ2) is 7.62. The van der Waals surface area contributed by atoms with Gasteiger partial charge in [0.2, 0.25) is 0 Å². The van der Waals surface area contributed by atoms with E-state index in [1.807, 2.05) is 0 Å². The summed E-state index contributed by atoms with van der Waals surface area (Å²) in [6, 6.07) is 47.3. The van der Waals surface area contributed by atoms with Crippen LogP contribution in [0.3, 0.4) is 0 Å². The molecule has 0 saturated heterocycles. The minimum atomic E-state index is 0.921. The van der Waals surface area contributed by atoms with Gasteiger partial charge in [-0.25, -0.2) is 0 Å². The molecule has 0 N–H and O–H groups in total. The van der Waals surface area contributed by atoms with Gasteiger partial charge in [0.1, 0.15) is 5.52 Å². The molecule has 3 heterocycles. The van der Waals surface area contributed by atoms with Crippen LogP contribution in [0.15, 0.2) is 138 Å². The van der Waals surface area contributed by atoms with Crippen LogP contribution in [0.1, 0.15) is 0 Å². The summed E-state index contributed by atoms with van der Waals surface area (Å²) in [4.78, 5) is 0. The van der Waals surface area contributed by atoms with E-state index in [1.54, 1.807) is 0 Å². The van der Waals surface area contributed by atoms with E-state index in [4.69, 9.17) is 4.42 Å². The molecule has 3 aromatic heterocycles. The summed E-state index contributed by atoms with van der Waals surface area (Å²) in [5.74, 6) is 0. The maximum atomic E-state index is 7.04. The van der Waals surface area contributed by atoms with Crippen LogP contribution in [0, 0.1) is 0 Å². The highest BCUT2D eigenvalue weighted by molar-refractivity contribution is 6.36. The van der Waals surface area contributed by atoms with Gasteiger partial charge >= 0.3 is 0 Å². The quantitative estimate of drug-likeness (QED) is 0.233. The molecule has 0 amide bonds. The van der Waals surface area contributed by atoms with Crippen molar-refractivity contribution in [1.82, 2.24) is 9.13 Å². The Morgan fingerprint density at radius 2 is 0.795 bits per heavy atom. The minimum Gasteiger partial charge on any atom is -0.451 e. The van der Waals surface area contributed by atoms with Crippen LogP contribution in [-0.2, 0) is 0 Å². The molecule has 0 fully saturated rings. The van der Waals surface area contributed by atoms with E-state index < -0.39 is 0 Å². The molecule has 0 saturated carbocycles. The monoisotopic (exact) mass is 498 g/mol. The fourth-order valence-corrected chi connectivity index (χ4v) is 6.55. The Morgan fingerprint density at radius 3 is 1.41 bits per heavy atom. The SMILES string of the molecule is c1ccc(-n2c3ccccc3c3c4ccccc4c4c(oc5c6ccccc6n(-c6ccccc6)c54)c32)cc1. The number of aromatic nitrogens is 2. The first-order chi connectivity index (χ1) is 19.4. The molecule has 9 rings (SSSR count). The number of hydrogen-bond acceptors (Lipinski definition) is 1. The average Bonchev–Trinajstić information content (AvgIpc) is 3.65. The van der Waals surface area contributed by atoms with Gasteiger partial charge in [-0.2, -0.15) is 0 Å². The van der Waals surface area contributed by atoms with Crippen molar-refractivity contribution in [3.63, 3.8) is 0 Å². The molecule has 0 radical (unpaired) electrons. The highest BCUT2D eigenvalue weighted by Gasteiger charge is 2.26. The van der Waals surface area contributed by atoms with Gasteiger partial charge in [0.15, 0.2) is 11.2 Å². The van der Waals surface area contributed by atoms with E-state index in [2.05, 4.69) is 143 Å². The van der Waals surface area contributed by atoms with Crippen molar-refractivity contribution in [2.75, 3.05) is 0 Å². The van der Waals surface area contributed by atoms with Gasteiger partial charge in [-0.15, -0.1) is 0 Å². The van der Waals surface area contributed by atoms with Crippen LogP contribution >= 0.6 is 0 Å². The highest BCUT2D eigenvalue weighted by atomic mass is 16.3. The van der Waals surface area contributed by atoms with Crippen LogP contribution in [-0.4, -0.2) is 9.13 Å². The zero-order valence-corrected chi connectivity index (χ0v) is 21.0. The topological polar surface area (TPSA) is 23.0 Å². The Bertz CT molecular complexity index is 2370. The van der Waals surface area contributed by atoms with Gasteiger partial charge in [-0.1, -0.05) is 91.0 Å².